The zero-order valence-electron chi connectivity index (χ0n) is 7.80. The first-order valence-electron chi connectivity index (χ1n) is 4.01. The molecule has 0 spiro atoms. The number of carbonyl (C=O) groups excluding carboxylic acids is 3. The van der Waals surface area contributed by atoms with E-state index in [4.69, 9.17) is 4.74 Å². The number of amides is 1. The normalized spacial score (nSPS) is 11.3. The molecule has 0 aliphatic carbocycles. The van der Waals surface area contributed by atoms with Gasteiger partial charge >= 0.3 is 5.97 Å². The number of hydrogen-bond donors (Lipinski definition) is 0. The van der Waals surface area contributed by atoms with Crippen molar-refractivity contribution >= 4 is 29.3 Å². The van der Waals surface area contributed by atoms with Crippen molar-refractivity contribution in [1.82, 2.24) is 0 Å². The van der Waals surface area contributed by atoms with Gasteiger partial charge in [-0.15, -0.1) is 16.3 Å². The molecule has 0 saturated heterocycles. The van der Waals surface area contributed by atoms with Crippen molar-refractivity contribution in [3.8, 4) is 0 Å². The minimum atomic E-state index is -1.07. The van der Waals surface area contributed by atoms with Crippen molar-refractivity contribution in [2.75, 3.05) is 0 Å². The van der Waals surface area contributed by atoms with Gasteiger partial charge in [0.1, 0.15) is 4.88 Å². The molecule has 15 heavy (non-hydrogen) atoms. The topological polar surface area (TPSA) is 72.8 Å². The Morgan fingerprint density at radius 2 is 2.33 bits per heavy atom. The van der Waals surface area contributed by atoms with E-state index in [0.717, 1.165) is 6.08 Å². The monoisotopic (exact) mass is 225 g/mol. The van der Waals surface area contributed by atoms with Crippen LogP contribution in [0.25, 0.3) is 0 Å². The molecule has 6 heteroatoms. The molecule has 0 fully saturated rings. The summed E-state index contributed by atoms with van der Waals surface area (Å²) < 4.78 is 4.76. The number of aliphatic imine (C=N–C) groups is 1. The Hall–Kier alpha value is -1.78. The van der Waals surface area contributed by atoms with Crippen molar-refractivity contribution in [1.29, 1.82) is 0 Å². The van der Waals surface area contributed by atoms with E-state index in [0.29, 0.717) is 4.88 Å². The van der Waals surface area contributed by atoms with Gasteiger partial charge in [0, 0.05) is 0 Å². The van der Waals surface area contributed by atoms with Crippen LogP contribution in [0.4, 0.5) is 0 Å². The minimum Gasteiger partial charge on any atom is -0.448 e. The summed E-state index contributed by atoms with van der Waals surface area (Å²) in [5, 5.41) is 1.71. The molecule has 0 N–H and O–H groups in total. The van der Waals surface area contributed by atoms with E-state index < -0.39 is 18.0 Å². The van der Waals surface area contributed by atoms with Crippen molar-refractivity contribution < 1.29 is 19.1 Å². The maximum absolute atomic E-state index is 11.3. The van der Waals surface area contributed by atoms with E-state index in [1.54, 1.807) is 17.5 Å². The summed E-state index contributed by atoms with van der Waals surface area (Å²) in [7, 11) is 0. The van der Waals surface area contributed by atoms with Gasteiger partial charge < -0.3 is 4.74 Å². The van der Waals surface area contributed by atoms with E-state index in [1.807, 2.05) is 0 Å². The lowest BCUT2D eigenvalue weighted by atomic mass is 10.4. The number of esters is 1. The van der Waals surface area contributed by atoms with Crippen molar-refractivity contribution in [3.63, 3.8) is 0 Å². The molecule has 78 valence electrons. The first-order chi connectivity index (χ1) is 7.15. The molecule has 1 heterocycles. The van der Waals surface area contributed by atoms with Crippen LogP contribution in [-0.2, 0) is 14.3 Å². The van der Waals surface area contributed by atoms with E-state index in [2.05, 4.69) is 4.99 Å². The van der Waals surface area contributed by atoms with Gasteiger partial charge in [0.05, 0.1) is 0 Å². The fourth-order valence-corrected chi connectivity index (χ4v) is 1.40. The van der Waals surface area contributed by atoms with E-state index in [-0.39, 0.29) is 0 Å². The van der Waals surface area contributed by atoms with Gasteiger partial charge in [-0.3, -0.25) is 4.79 Å². The Kier molecular flexibility index (Phi) is 3.91. The molecule has 0 aliphatic heterocycles. The predicted molar refractivity (Wildman–Crippen MR) is 52.3 cm³/mol. The molecule has 1 rings (SSSR count). The number of carbonyl (C=O) groups is 2. The van der Waals surface area contributed by atoms with Gasteiger partial charge in [-0.1, -0.05) is 6.07 Å². The molecule has 1 unspecified atom stereocenters. The molecule has 0 radical (unpaired) electrons. The van der Waals surface area contributed by atoms with Gasteiger partial charge in [0.2, 0.25) is 6.08 Å². The van der Waals surface area contributed by atoms with E-state index in [1.165, 1.54) is 18.3 Å². The minimum absolute atomic E-state index is 0.393. The number of hydrogen-bond acceptors (Lipinski definition) is 5. The van der Waals surface area contributed by atoms with E-state index in [9.17, 15) is 14.4 Å². The summed E-state index contributed by atoms with van der Waals surface area (Å²) in [6.45, 7) is 1.34. The third-order valence-electron chi connectivity index (χ3n) is 1.51. The summed E-state index contributed by atoms with van der Waals surface area (Å²) in [5.41, 5.74) is 0. The molecular formula is C9H7NO4S. The van der Waals surface area contributed by atoms with Crippen LogP contribution in [0, 0.1) is 0 Å². The van der Waals surface area contributed by atoms with Crippen molar-refractivity contribution in [2.24, 2.45) is 4.99 Å². The smallest absolute Gasteiger partial charge is 0.349 e. The fraction of sp³-hybridized carbons (Fsp3) is 0.222. The third-order valence-corrected chi connectivity index (χ3v) is 2.36. The molecule has 1 aromatic rings. The summed E-state index contributed by atoms with van der Waals surface area (Å²) in [5.74, 6) is -1.43. The van der Waals surface area contributed by atoms with Gasteiger partial charge in [0.15, 0.2) is 6.10 Å². The SMILES string of the molecule is CC(OC(=O)c1cccs1)C(=O)N=C=O. The second-order valence-corrected chi connectivity index (χ2v) is 3.51. The molecule has 0 aliphatic rings. The largest absolute Gasteiger partial charge is 0.448 e. The third kappa shape index (κ3) is 3.12. The average Bonchev–Trinajstić information content (AvgIpc) is 2.70. The predicted octanol–water partition coefficient (Wildman–Crippen LogP) is 1.16. The first kappa shape index (κ1) is 11.3. The lowest BCUT2D eigenvalue weighted by molar-refractivity contribution is -0.125. The zero-order chi connectivity index (χ0) is 11.3. The Bertz CT molecular complexity index is 406. The Balaban J connectivity index is 2.59. The van der Waals surface area contributed by atoms with Crippen molar-refractivity contribution in [3.05, 3.63) is 22.4 Å². The van der Waals surface area contributed by atoms with Crippen LogP contribution in [-0.4, -0.2) is 24.1 Å². The van der Waals surface area contributed by atoms with E-state index >= 15 is 0 Å². The Morgan fingerprint density at radius 1 is 1.60 bits per heavy atom. The number of ether oxygens (including phenoxy) is 1. The highest BCUT2D eigenvalue weighted by molar-refractivity contribution is 7.11. The summed E-state index contributed by atoms with van der Waals surface area (Å²) in [4.78, 5) is 35.3. The van der Waals surface area contributed by atoms with Crippen LogP contribution in [0.3, 0.4) is 0 Å². The zero-order valence-corrected chi connectivity index (χ0v) is 8.61. The first-order valence-corrected chi connectivity index (χ1v) is 4.89. The molecule has 1 amide bonds. The molecule has 0 bridgehead atoms. The highest BCUT2D eigenvalue weighted by Crippen LogP contribution is 2.11. The molecule has 0 saturated carbocycles. The second kappa shape index (κ2) is 5.19. The van der Waals surface area contributed by atoms with Gasteiger partial charge in [-0.25, -0.2) is 9.59 Å². The van der Waals surface area contributed by atoms with Crippen LogP contribution in [0.1, 0.15) is 16.6 Å². The van der Waals surface area contributed by atoms with Crippen LogP contribution in [0.2, 0.25) is 0 Å². The average molecular weight is 225 g/mol. The van der Waals surface area contributed by atoms with Gasteiger partial charge in [0.25, 0.3) is 5.91 Å². The summed E-state index contributed by atoms with van der Waals surface area (Å²) in [6.07, 6.45) is 0.0247. The highest BCUT2D eigenvalue weighted by Gasteiger charge is 2.18. The Labute approximate surface area is 89.4 Å². The lowest BCUT2D eigenvalue weighted by Crippen LogP contribution is -2.22. The maximum Gasteiger partial charge on any atom is 0.349 e. The van der Waals surface area contributed by atoms with Crippen molar-refractivity contribution in [2.45, 2.75) is 13.0 Å². The number of rotatable bonds is 3. The quantitative estimate of drug-likeness (QED) is 0.439. The second-order valence-electron chi connectivity index (χ2n) is 2.57. The maximum atomic E-state index is 11.3. The van der Waals surface area contributed by atoms with Crippen LogP contribution in [0.15, 0.2) is 22.5 Å². The standard InChI is InChI=1S/C9H7NO4S/c1-6(8(12)10-5-11)14-9(13)7-3-2-4-15-7/h2-4,6H,1H3. The number of thiophene rings is 1. The van der Waals surface area contributed by atoms with Crippen LogP contribution in [0.5, 0.6) is 0 Å². The molecule has 1 atom stereocenters. The van der Waals surface area contributed by atoms with Gasteiger partial charge in [-0.05, 0) is 18.4 Å². The van der Waals surface area contributed by atoms with Gasteiger partial charge in [-0.2, -0.15) is 0 Å². The fourth-order valence-electron chi connectivity index (χ4n) is 0.800. The summed E-state index contributed by atoms with van der Waals surface area (Å²) in [6, 6.07) is 3.27. The number of isocyanates is 1. The molecular weight excluding hydrogens is 218 g/mol. The molecule has 1 aromatic heterocycles. The highest BCUT2D eigenvalue weighted by atomic mass is 32.1. The lowest BCUT2D eigenvalue weighted by Gasteiger charge is -2.06. The molecule has 0 aromatic carbocycles. The Morgan fingerprint density at radius 3 is 2.87 bits per heavy atom. The van der Waals surface area contributed by atoms with Crippen LogP contribution < -0.4 is 0 Å². The number of nitrogens with zero attached hydrogens (tertiary/aromatic N) is 1. The molecule has 5 nitrogen and oxygen atoms in total. The van der Waals surface area contributed by atoms with Crippen LogP contribution >= 0.6 is 11.3 Å². The summed E-state index contributed by atoms with van der Waals surface area (Å²) >= 11 is 1.20.